The van der Waals surface area contributed by atoms with Gasteiger partial charge in [-0.3, -0.25) is 0 Å². The van der Waals surface area contributed by atoms with Gasteiger partial charge in [-0.25, -0.2) is 0 Å². The molecule has 6 nitrogen and oxygen atoms in total. The molecule has 0 saturated carbocycles. The maximum atomic E-state index is 10.7. The summed E-state index contributed by atoms with van der Waals surface area (Å²) >= 11 is 0. The van der Waals surface area contributed by atoms with Crippen molar-refractivity contribution in [2.24, 2.45) is 0 Å². The quantitative estimate of drug-likeness (QED) is 0.335. The molecule has 4 rings (SSSR count). The average Bonchev–Trinajstić information content (AvgIpc) is 2.90. The fourth-order valence-electron chi connectivity index (χ4n) is 4.33. The first kappa shape index (κ1) is 24.3. The van der Waals surface area contributed by atoms with Crippen LogP contribution in [0.4, 0.5) is 0 Å². The highest BCUT2D eigenvalue weighted by atomic mass is 16.7. The van der Waals surface area contributed by atoms with Crippen LogP contribution in [0.3, 0.4) is 0 Å². The van der Waals surface area contributed by atoms with Crippen LogP contribution < -0.4 is 0 Å². The minimum atomic E-state index is -1.45. The molecule has 3 aromatic carbocycles. The van der Waals surface area contributed by atoms with Gasteiger partial charge in [0.05, 0.1) is 13.2 Å². The van der Waals surface area contributed by atoms with Gasteiger partial charge in [0.25, 0.3) is 0 Å². The van der Waals surface area contributed by atoms with E-state index in [1.165, 1.54) is 6.08 Å². The summed E-state index contributed by atoms with van der Waals surface area (Å²) in [7, 11) is 0. The summed E-state index contributed by atoms with van der Waals surface area (Å²) in [5, 5.41) is 31.4. The lowest BCUT2D eigenvalue weighted by molar-refractivity contribution is -0.303. The third kappa shape index (κ3) is 4.83. The number of aliphatic hydroxyl groups excluding tert-OH is 3. The molecule has 178 valence electrons. The molecule has 0 bridgehead atoms. The summed E-state index contributed by atoms with van der Waals surface area (Å²) in [5.41, 5.74) is 1.69. The predicted octanol–water partition coefficient (Wildman–Crippen LogP) is 3.01. The molecule has 0 spiro atoms. The predicted molar refractivity (Wildman–Crippen MR) is 128 cm³/mol. The van der Waals surface area contributed by atoms with Crippen molar-refractivity contribution in [3.63, 3.8) is 0 Å². The van der Waals surface area contributed by atoms with Crippen molar-refractivity contribution in [1.82, 2.24) is 0 Å². The van der Waals surface area contributed by atoms with Gasteiger partial charge in [0.15, 0.2) is 6.29 Å². The Morgan fingerprint density at radius 1 is 0.735 bits per heavy atom. The zero-order chi connectivity index (χ0) is 24.0. The second kappa shape index (κ2) is 11.1. The maximum Gasteiger partial charge on any atom is 0.187 e. The van der Waals surface area contributed by atoms with Gasteiger partial charge in [-0.1, -0.05) is 97.1 Å². The highest BCUT2D eigenvalue weighted by molar-refractivity contribution is 5.47. The Kier molecular flexibility index (Phi) is 7.90. The zero-order valence-electron chi connectivity index (χ0n) is 18.8. The summed E-state index contributed by atoms with van der Waals surface area (Å²) in [6, 6.07) is 29.5. The van der Waals surface area contributed by atoms with Gasteiger partial charge in [0.1, 0.15) is 30.0 Å². The maximum absolute atomic E-state index is 10.7. The third-order valence-electron chi connectivity index (χ3n) is 6.05. The molecule has 34 heavy (non-hydrogen) atoms. The molecule has 0 amide bonds. The van der Waals surface area contributed by atoms with E-state index >= 15 is 0 Å². The number of aliphatic hydroxyl groups is 3. The molecule has 0 radical (unpaired) electrons. The summed E-state index contributed by atoms with van der Waals surface area (Å²) in [4.78, 5) is 0. The summed E-state index contributed by atoms with van der Waals surface area (Å²) in [6.07, 6.45) is -4.75. The monoisotopic (exact) mass is 462 g/mol. The van der Waals surface area contributed by atoms with Crippen LogP contribution in [0.5, 0.6) is 0 Å². The van der Waals surface area contributed by atoms with E-state index in [4.69, 9.17) is 14.2 Å². The van der Waals surface area contributed by atoms with Gasteiger partial charge in [0.2, 0.25) is 0 Å². The smallest absolute Gasteiger partial charge is 0.187 e. The molecule has 1 heterocycles. The van der Waals surface area contributed by atoms with E-state index in [0.29, 0.717) is 0 Å². The zero-order valence-corrected chi connectivity index (χ0v) is 18.8. The second-order valence-electron chi connectivity index (χ2n) is 8.23. The Labute approximate surface area is 199 Å². The molecule has 1 aliphatic heterocycles. The van der Waals surface area contributed by atoms with Crippen LogP contribution in [-0.2, 0) is 19.8 Å². The molecule has 1 aliphatic rings. The van der Waals surface area contributed by atoms with E-state index in [9.17, 15) is 15.3 Å². The van der Waals surface area contributed by atoms with E-state index in [2.05, 4.69) is 6.58 Å². The standard InChI is InChI=1S/C28H30O6/c1-2-18-32-27-26(31)25(30)24(29)23(34-27)19-33-28(20-12-6-3-7-13-20,21-14-8-4-9-15-21)22-16-10-5-11-17-22/h2-17,23-27,29-31H,1,18-19H2. The molecule has 5 atom stereocenters. The normalized spacial score (nSPS) is 25.1. The molecule has 1 fully saturated rings. The molecule has 0 aromatic heterocycles. The Hall–Kier alpha value is -2.84. The topological polar surface area (TPSA) is 88.4 Å². The van der Waals surface area contributed by atoms with Gasteiger partial charge in [0, 0.05) is 0 Å². The first-order chi connectivity index (χ1) is 16.6. The molecule has 1 saturated heterocycles. The fourth-order valence-corrected chi connectivity index (χ4v) is 4.33. The van der Waals surface area contributed by atoms with Crippen molar-refractivity contribution in [2.75, 3.05) is 13.2 Å². The van der Waals surface area contributed by atoms with Crippen molar-refractivity contribution in [3.05, 3.63) is 120 Å². The lowest BCUT2D eigenvalue weighted by Gasteiger charge is -2.42. The van der Waals surface area contributed by atoms with E-state index in [0.717, 1.165) is 16.7 Å². The molecular weight excluding hydrogens is 432 g/mol. The van der Waals surface area contributed by atoms with Crippen LogP contribution in [0.1, 0.15) is 16.7 Å². The van der Waals surface area contributed by atoms with Crippen molar-refractivity contribution < 1.29 is 29.5 Å². The summed E-state index contributed by atoms with van der Waals surface area (Å²) in [5.74, 6) is 0. The lowest BCUT2D eigenvalue weighted by atomic mass is 9.80. The molecule has 6 heteroatoms. The SMILES string of the molecule is C=CCOC1OC(COC(c2ccccc2)(c2ccccc2)c2ccccc2)C(O)C(O)C1O. The Morgan fingerprint density at radius 3 is 1.65 bits per heavy atom. The highest BCUT2D eigenvalue weighted by Gasteiger charge is 2.46. The van der Waals surface area contributed by atoms with E-state index in [-0.39, 0.29) is 13.2 Å². The lowest BCUT2D eigenvalue weighted by Crippen LogP contribution is -2.59. The fraction of sp³-hybridized carbons (Fsp3) is 0.286. The number of rotatable bonds is 9. The first-order valence-electron chi connectivity index (χ1n) is 11.3. The van der Waals surface area contributed by atoms with Gasteiger partial charge in [-0.2, -0.15) is 0 Å². The molecule has 0 aliphatic carbocycles. The van der Waals surface area contributed by atoms with E-state index in [1.54, 1.807) is 0 Å². The summed E-state index contributed by atoms with van der Waals surface area (Å²) in [6.45, 7) is 3.65. The van der Waals surface area contributed by atoms with Crippen LogP contribution in [-0.4, -0.2) is 59.2 Å². The van der Waals surface area contributed by atoms with Gasteiger partial charge in [-0.05, 0) is 16.7 Å². The van der Waals surface area contributed by atoms with Crippen molar-refractivity contribution >= 4 is 0 Å². The van der Waals surface area contributed by atoms with Gasteiger partial charge in [-0.15, -0.1) is 6.58 Å². The van der Waals surface area contributed by atoms with Crippen molar-refractivity contribution in [1.29, 1.82) is 0 Å². The number of ether oxygens (including phenoxy) is 3. The number of hydrogen-bond donors (Lipinski definition) is 3. The van der Waals surface area contributed by atoms with Crippen LogP contribution in [0, 0.1) is 0 Å². The number of benzene rings is 3. The third-order valence-corrected chi connectivity index (χ3v) is 6.05. The van der Waals surface area contributed by atoms with Crippen molar-refractivity contribution in [2.45, 2.75) is 36.3 Å². The van der Waals surface area contributed by atoms with Gasteiger partial charge >= 0.3 is 0 Å². The second-order valence-corrected chi connectivity index (χ2v) is 8.23. The Balaban J connectivity index is 1.73. The van der Waals surface area contributed by atoms with Crippen LogP contribution in [0.15, 0.2) is 104 Å². The van der Waals surface area contributed by atoms with Crippen LogP contribution in [0.2, 0.25) is 0 Å². The summed E-state index contributed by atoms with van der Waals surface area (Å²) < 4.78 is 18.0. The molecule has 5 unspecified atom stereocenters. The Morgan fingerprint density at radius 2 is 1.21 bits per heavy atom. The van der Waals surface area contributed by atoms with Gasteiger partial charge < -0.3 is 29.5 Å². The molecule has 3 N–H and O–H groups in total. The minimum absolute atomic E-state index is 0.0718. The highest BCUT2D eigenvalue weighted by Crippen LogP contribution is 2.41. The minimum Gasteiger partial charge on any atom is -0.387 e. The molecule has 3 aromatic rings. The van der Waals surface area contributed by atoms with E-state index < -0.39 is 36.3 Å². The first-order valence-corrected chi connectivity index (χ1v) is 11.3. The Bertz CT molecular complexity index is 930. The van der Waals surface area contributed by atoms with E-state index in [1.807, 2.05) is 91.0 Å². The average molecular weight is 463 g/mol. The number of hydrogen-bond acceptors (Lipinski definition) is 6. The largest absolute Gasteiger partial charge is 0.387 e. The van der Waals surface area contributed by atoms with Crippen LogP contribution >= 0.6 is 0 Å². The molecular formula is C28H30O6. The van der Waals surface area contributed by atoms with Crippen LogP contribution in [0.25, 0.3) is 0 Å². The van der Waals surface area contributed by atoms with Crippen molar-refractivity contribution in [3.8, 4) is 0 Å².